The number of hydrogen-bond acceptors (Lipinski definition) is 4. The van der Waals surface area contributed by atoms with Gasteiger partial charge >= 0.3 is 0 Å². The van der Waals surface area contributed by atoms with E-state index in [1.54, 1.807) is 23.3 Å². The standard InChI is InChI=1S/C22H22N6O/c1-14-5-6-15(2)21(9-14)28-17(4)20(11-24-28)26-22(29)19-8-7-18(10-16(19)3)27-13-23-12-25-27/h5-13H,1-4H3,(H,26,29). The third-order valence-corrected chi connectivity index (χ3v) is 4.99. The van der Waals surface area contributed by atoms with Crippen molar-refractivity contribution < 1.29 is 4.79 Å². The summed E-state index contributed by atoms with van der Waals surface area (Å²) in [6.07, 6.45) is 4.79. The summed E-state index contributed by atoms with van der Waals surface area (Å²) < 4.78 is 3.52. The summed E-state index contributed by atoms with van der Waals surface area (Å²) >= 11 is 0. The van der Waals surface area contributed by atoms with E-state index in [1.807, 2.05) is 37.6 Å². The Kier molecular flexibility index (Phi) is 4.72. The van der Waals surface area contributed by atoms with Crippen LogP contribution in [0.25, 0.3) is 11.4 Å². The van der Waals surface area contributed by atoms with Crippen LogP contribution in [0.15, 0.2) is 55.2 Å². The van der Waals surface area contributed by atoms with E-state index in [9.17, 15) is 4.79 Å². The molecule has 0 bridgehead atoms. The Bertz CT molecular complexity index is 1190. The molecule has 2 heterocycles. The highest BCUT2D eigenvalue weighted by Gasteiger charge is 2.15. The molecule has 2 aromatic carbocycles. The fraction of sp³-hybridized carbons (Fsp3) is 0.182. The molecular formula is C22H22N6O. The van der Waals surface area contributed by atoms with Gasteiger partial charge in [-0.15, -0.1) is 0 Å². The number of carbonyl (C=O) groups excluding carboxylic acids is 1. The number of anilines is 1. The normalized spacial score (nSPS) is 10.9. The highest BCUT2D eigenvalue weighted by Crippen LogP contribution is 2.23. The van der Waals surface area contributed by atoms with Gasteiger partial charge in [-0.05, 0) is 68.7 Å². The van der Waals surface area contributed by atoms with Gasteiger partial charge in [-0.2, -0.15) is 10.2 Å². The molecular weight excluding hydrogens is 364 g/mol. The zero-order valence-electron chi connectivity index (χ0n) is 16.8. The van der Waals surface area contributed by atoms with Crippen LogP contribution in [-0.2, 0) is 0 Å². The van der Waals surface area contributed by atoms with Crippen molar-refractivity contribution in [3.05, 3.63) is 83.2 Å². The van der Waals surface area contributed by atoms with E-state index in [2.05, 4.69) is 45.6 Å². The van der Waals surface area contributed by atoms with Crippen LogP contribution in [0.3, 0.4) is 0 Å². The molecule has 0 unspecified atom stereocenters. The highest BCUT2D eigenvalue weighted by atomic mass is 16.1. The summed E-state index contributed by atoms with van der Waals surface area (Å²) in [5.74, 6) is -0.170. The molecule has 0 spiro atoms. The number of rotatable bonds is 4. The van der Waals surface area contributed by atoms with Crippen molar-refractivity contribution in [1.29, 1.82) is 0 Å². The Hall–Kier alpha value is -3.74. The Morgan fingerprint density at radius 2 is 1.79 bits per heavy atom. The number of amides is 1. The van der Waals surface area contributed by atoms with E-state index < -0.39 is 0 Å². The second-order valence-corrected chi connectivity index (χ2v) is 7.14. The molecule has 0 aliphatic rings. The smallest absolute Gasteiger partial charge is 0.256 e. The summed E-state index contributed by atoms with van der Waals surface area (Å²) in [5.41, 5.74) is 7.18. The second kappa shape index (κ2) is 7.35. The highest BCUT2D eigenvalue weighted by molar-refractivity contribution is 6.05. The SMILES string of the molecule is Cc1ccc(C)c(-n2ncc(NC(=O)c3ccc(-n4cncn4)cc3C)c2C)c1. The molecule has 4 aromatic rings. The van der Waals surface area contributed by atoms with Crippen LogP contribution in [0, 0.1) is 27.7 Å². The van der Waals surface area contributed by atoms with Gasteiger partial charge in [-0.3, -0.25) is 4.79 Å². The van der Waals surface area contributed by atoms with E-state index in [1.165, 1.54) is 6.33 Å². The summed E-state index contributed by atoms with van der Waals surface area (Å²) in [6, 6.07) is 11.8. The molecule has 146 valence electrons. The molecule has 7 heteroatoms. The number of benzene rings is 2. The van der Waals surface area contributed by atoms with Gasteiger partial charge in [-0.1, -0.05) is 12.1 Å². The van der Waals surface area contributed by atoms with E-state index in [0.717, 1.165) is 33.8 Å². The summed E-state index contributed by atoms with van der Waals surface area (Å²) in [4.78, 5) is 16.8. The lowest BCUT2D eigenvalue weighted by Crippen LogP contribution is -2.14. The van der Waals surface area contributed by atoms with Gasteiger partial charge < -0.3 is 5.32 Å². The van der Waals surface area contributed by atoms with Crippen molar-refractivity contribution in [2.45, 2.75) is 27.7 Å². The molecule has 0 atom stereocenters. The largest absolute Gasteiger partial charge is 0.319 e. The monoisotopic (exact) mass is 386 g/mol. The van der Waals surface area contributed by atoms with Crippen molar-refractivity contribution in [2.75, 3.05) is 5.32 Å². The van der Waals surface area contributed by atoms with Crippen molar-refractivity contribution in [3.63, 3.8) is 0 Å². The van der Waals surface area contributed by atoms with Crippen LogP contribution in [0.1, 0.15) is 32.7 Å². The average molecular weight is 386 g/mol. The molecule has 0 fully saturated rings. The Morgan fingerprint density at radius 3 is 2.52 bits per heavy atom. The van der Waals surface area contributed by atoms with Gasteiger partial charge in [0, 0.05) is 5.56 Å². The minimum absolute atomic E-state index is 0.170. The lowest BCUT2D eigenvalue weighted by molar-refractivity contribution is 0.102. The number of aromatic nitrogens is 5. The van der Waals surface area contributed by atoms with Crippen LogP contribution >= 0.6 is 0 Å². The zero-order chi connectivity index (χ0) is 20.5. The van der Waals surface area contributed by atoms with Crippen LogP contribution in [0.4, 0.5) is 5.69 Å². The Morgan fingerprint density at radius 1 is 0.966 bits per heavy atom. The molecule has 7 nitrogen and oxygen atoms in total. The molecule has 0 aliphatic carbocycles. The maximum absolute atomic E-state index is 12.9. The molecule has 0 saturated carbocycles. The molecule has 29 heavy (non-hydrogen) atoms. The fourth-order valence-corrected chi connectivity index (χ4v) is 3.30. The molecule has 1 amide bonds. The third kappa shape index (κ3) is 3.54. The second-order valence-electron chi connectivity index (χ2n) is 7.14. The topological polar surface area (TPSA) is 77.6 Å². The predicted molar refractivity (Wildman–Crippen MR) is 112 cm³/mol. The number of nitrogens with one attached hydrogen (secondary N) is 1. The number of nitrogens with zero attached hydrogens (tertiary/aromatic N) is 5. The predicted octanol–water partition coefficient (Wildman–Crippen LogP) is 3.94. The fourth-order valence-electron chi connectivity index (χ4n) is 3.30. The molecule has 0 radical (unpaired) electrons. The molecule has 0 aliphatic heterocycles. The first kappa shape index (κ1) is 18.6. The molecule has 0 saturated heterocycles. The number of hydrogen-bond donors (Lipinski definition) is 1. The lowest BCUT2D eigenvalue weighted by atomic mass is 10.1. The van der Waals surface area contributed by atoms with E-state index in [0.29, 0.717) is 11.3 Å². The van der Waals surface area contributed by atoms with Gasteiger partial charge in [0.1, 0.15) is 12.7 Å². The first-order chi connectivity index (χ1) is 13.9. The molecule has 1 N–H and O–H groups in total. The first-order valence-electron chi connectivity index (χ1n) is 9.33. The zero-order valence-corrected chi connectivity index (χ0v) is 16.8. The summed E-state index contributed by atoms with van der Waals surface area (Å²) in [6.45, 7) is 7.96. The molecule has 4 rings (SSSR count). The summed E-state index contributed by atoms with van der Waals surface area (Å²) in [5, 5.41) is 11.6. The summed E-state index contributed by atoms with van der Waals surface area (Å²) in [7, 11) is 0. The van der Waals surface area contributed by atoms with Crippen molar-refractivity contribution in [3.8, 4) is 11.4 Å². The van der Waals surface area contributed by atoms with Crippen molar-refractivity contribution in [2.24, 2.45) is 0 Å². The number of carbonyl (C=O) groups is 1. The van der Waals surface area contributed by atoms with E-state index >= 15 is 0 Å². The van der Waals surface area contributed by atoms with Gasteiger partial charge in [-0.25, -0.2) is 14.3 Å². The van der Waals surface area contributed by atoms with Gasteiger partial charge in [0.25, 0.3) is 5.91 Å². The quantitative estimate of drug-likeness (QED) is 0.576. The minimum Gasteiger partial charge on any atom is -0.319 e. The van der Waals surface area contributed by atoms with Crippen molar-refractivity contribution in [1.82, 2.24) is 24.5 Å². The first-order valence-corrected chi connectivity index (χ1v) is 9.33. The van der Waals surface area contributed by atoms with Crippen LogP contribution in [-0.4, -0.2) is 30.5 Å². The average Bonchev–Trinajstić information content (AvgIpc) is 3.35. The van der Waals surface area contributed by atoms with E-state index in [4.69, 9.17) is 0 Å². The Labute approximate surface area is 169 Å². The van der Waals surface area contributed by atoms with Crippen LogP contribution in [0.2, 0.25) is 0 Å². The van der Waals surface area contributed by atoms with E-state index in [-0.39, 0.29) is 5.91 Å². The molecule has 2 aromatic heterocycles. The van der Waals surface area contributed by atoms with Gasteiger partial charge in [0.05, 0.1) is 29.0 Å². The maximum Gasteiger partial charge on any atom is 0.256 e. The van der Waals surface area contributed by atoms with Crippen molar-refractivity contribution >= 4 is 11.6 Å². The van der Waals surface area contributed by atoms with Gasteiger partial charge in [0.15, 0.2) is 0 Å². The minimum atomic E-state index is -0.170. The van der Waals surface area contributed by atoms with Crippen LogP contribution < -0.4 is 5.32 Å². The van der Waals surface area contributed by atoms with Gasteiger partial charge in [0.2, 0.25) is 0 Å². The lowest BCUT2D eigenvalue weighted by Gasteiger charge is -2.11. The third-order valence-electron chi connectivity index (χ3n) is 4.99. The Balaban J connectivity index is 1.60. The van der Waals surface area contributed by atoms with Crippen LogP contribution in [0.5, 0.6) is 0 Å². The number of aryl methyl sites for hydroxylation is 3. The maximum atomic E-state index is 12.9.